The van der Waals surface area contributed by atoms with Gasteiger partial charge in [-0.3, -0.25) is 0 Å². The molecule has 1 aromatic carbocycles. The lowest BCUT2D eigenvalue weighted by atomic mass is 10.1. The third-order valence-electron chi connectivity index (χ3n) is 3.36. The minimum absolute atomic E-state index is 0.0976. The first-order valence-corrected chi connectivity index (χ1v) is 7.41. The van der Waals surface area contributed by atoms with Gasteiger partial charge < -0.3 is 15.2 Å². The Morgan fingerprint density at radius 2 is 1.95 bits per heavy atom. The molecule has 0 aliphatic carbocycles. The van der Waals surface area contributed by atoms with Gasteiger partial charge in [0.1, 0.15) is 0 Å². The molecule has 1 aromatic rings. The maximum atomic E-state index is 11.7. The summed E-state index contributed by atoms with van der Waals surface area (Å²) in [5.74, 6) is -0.338. The molecule has 1 rings (SSSR count). The van der Waals surface area contributed by atoms with E-state index in [0.29, 0.717) is 12.1 Å². The number of ether oxygens (including phenoxy) is 1. The zero-order chi connectivity index (χ0) is 16.4. The molecule has 0 aliphatic heterocycles. The van der Waals surface area contributed by atoms with E-state index in [0.717, 1.165) is 18.5 Å². The minimum Gasteiger partial charge on any atom is -0.465 e. The van der Waals surface area contributed by atoms with Crippen molar-refractivity contribution in [2.75, 3.05) is 25.6 Å². The summed E-state index contributed by atoms with van der Waals surface area (Å²) in [4.78, 5) is 11.7. The van der Waals surface area contributed by atoms with E-state index in [2.05, 4.69) is 18.3 Å². The third-order valence-corrected chi connectivity index (χ3v) is 3.36. The predicted octanol–water partition coefficient (Wildman–Crippen LogP) is 3.55. The molecule has 0 heterocycles. The maximum Gasteiger partial charge on any atom is 0.339 e. The van der Waals surface area contributed by atoms with E-state index in [-0.39, 0.29) is 12.6 Å². The number of aliphatic hydroxyl groups is 1. The van der Waals surface area contributed by atoms with Crippen molar-refractivity contribution in [1.29, 1.82) is 0 Å². The number of esters is 1. The number of para-hydroxylation sites is 1. The number of anilines is 1. The number of hydrogen-bond donors (Lipinski definition) is 2. The van der Waals surface area contributed by atoms with Gasteiger partial charge in [-0.25, -0.2) is 4.79 Å². The first-order valence-electron chi connectivity index (χ1n) is 7.41. The van der Waals surface area contributed by atoms with E-state index in [4.69, 9.17) is 9.84 Å². The van der Waals surface area contributed by atoms with Gasteiger partial charge in [-0.1, -0.05) is 35.4 Å². The fourth-order valence-corrected chi connectivity index (χ4v) is 2.04. The van der Waals surface area contributed by atoms with Crippen LogP contribution in [0.1, 0.15) is 37.0 Å². The van der Waals surface area contributed by atoms with Crippen LogP contribution in [0.5, 0.6) is 0 Å². The number of nitrogens with one attached hydrogen (secondary N) is 1. The van der Waals surface area contributed by atoms with E-state index in [1.54, 1.807) is 6.07 Å². The van der Waals surface area contributed by atoms with Crippen molar-refractivity contribution in [1.82, 2.24) is 0 Å². The third kappa shape index (κ3) is 6.14. The average Bonchev–Trinajstić information content (AvgIpc) is 2.52. The largest absolute Gasteiger partial charge is 0.465 e. The summed E-state index contributed by atoms with van der Waals surface area (Å²) in [5, 5.41) is 12.1. The Morgan fingerprint density at radius 3 is 2.64 bits per heavy atom. The van der Waals surface area contributed by atoms with Crippen molar-refractivity contribution in [3.05, 3.63) is 53.1 Å². The van der Waals surface area contributed by atoms with Crippen LogP contribution in [0.15, 0.2) is 47.6 Å². The molecule has 120 valence electrons. The SMILES string of the molecule is COC(=O)c1ccccc1NC/C(C)=C/CC/C(C)=C/CO. The van der Waals surface area contributed by atoms with Crippen LogP contribution in [0.2, 0.25) is 0 Å². The minimum atomic E-state index is -0.338. The zero-order valence-electron chi connectivity index (χ0n) is 13.6. The second kappa shape index (κ2) is 9.79. The van der Waals surface area contributed by atoms with Crippen molar-refractivity contribution in [2.24, 2.45) is 0 Å². The number of methoxy groups -OCH3 is 1. The first kappa shape index (κ1) is 18.0. The number of allylic oxidation sites excluding steroid dienone is 2. The number of benzene rings is 1. The number of aliphatic hydroxyl groups excluding tert-OH is 1. The highest BCUT2D eigenvalue weighted by molar-refractivity contribution is 5.95. The summed E-state index contributed by atoms with van der Waals surface area (Å²) in [6.07, 6.45) is 5.88. The van der Waals surface area contributed by atoms with Gasteiger partial charge >= 0.3 is 5.97 Å². The quantitative estimate of drug-likeness (QED) is 0.569. The second-order valence-corrected chi connectivity index (χ2v) is 5.21. The molecular formula is C18H25NO3. The summed E-state index contributed by atoms with van der Waals surface area (Å²) in [7, 11) is 1.38. The molecule has 4 heteroatoms. The standard InChI is InChI=1S/C18H25NO3/c1-14(11-12-20)7-6-8-15(2)13-19-17-10-5-4-9-16(17)18(21)22-3/h4-5,8-11,19-20H,6-7,12-13H2,1-3H3/b14-11+,15-8+. The molecule has 2 N–H and O–H groups in total. The van der Waals surface area contributed by atoms with Crippen molar-refractivity contribution in [3.63, 3.8) is 0 Å². The highest BCUT2D eigenvalue weighted by Crippen LogP contribution is 2.16. The van der Waals surface area contributed by atoms with E-state index in [1.165, 1.54) is 18.3 Å². The van der Waals surface area contributed by atoms with Gasteiger partial charge in [0, 0.05) is 12.2 Å². The molecule has 22 heavy (non-hydrogen) atoms. The van der Waals surface area contributed by atoms with Crippen LogP contribution in [0.25, 0.3) is 0 Å². The van der Waals surface area contributed by atoms with E-state index in [1.807, 2.05) is 31.2 Å². The highest BCUT2D eigenvalue weighted by atomic mass is 16.5. The monoisotopic (exact) mass is 303 g/mol. The van der Waals surface area contributed by atoms with Crippen LogP contribution in [0.3, 0.4) is 0 Å². The highest BCUT2D eigenvalue weighted by Gasteiger charge is 2.10. The summed E-state index contributed by atoms with van der Waals surface area (Å²) in [6, 6.07) is 7.32. The molecule has 0 unspecified atom stereocenters. The molecule has 0 fully saturated rings. The first-order chi connectivity index (χ1) is 10.6. The van der Waals surface area contributed by atoms with Gasteiger partial charge in [-0.05, 0) is 38.8 Å². The van der Waals surface area contributed by atoms with Crippen LogP contribution in [0, 0.1) is 0 Å². The van der Waals surface area contributed by atoms with E-state index < -0.39 is 0 Å². The van der Waals surface area contributed by atoms with Gasteiger partial charge in [-0.15, -0.1) is 0 Å². The van der Waals surface area contributed by atoms with Crippen LogP contribution in [0.4, 0.5) is 5.69 Å². The van der Waals surface area contributed by atoms with Crippen molar-refractivity contribution in [2.45, 2.75) is 26.7 Å². The number of rotatable bonds is 8. The van der Waals surface area contributed by atoms with Gasteiger partial charge in [0.25, 0.3) is 0 Å². The summed E-state index contributed by atoms with van der Waals surface area (Å²) < 4.78 is 4.78. The molecular weight excluding hydrogens is 278 g/mol. The van der Waals surface area contributed by atoms with Gasteiger partial charge in [-0.2, -0.15) is 0 Å². The fraction of sp³-hybridized carbons (Fsp3) is 0.389. The molecule has 0 aromatic heterocycles. The lowest BCUT2D eigenvalue weighted by molar-refractivity contribution is 0.0602. The lowest BCUT2D eigenvalue weighted by Gasteiger charge is -2.11. The van der Waals surface area contributed by atoms with Crippen LogP contribution in [-0.4, -0.2) is 31.3 Å². The fourth-order valence-electron chi connectivity index (χ4n) is 2.04. The number of carbonyl (C=O) groups is 1. The Balaban J connectivity index is 2.55. The molecule has 0 saturated heterocycles. The number of carbonyl (C=O) groups excluding carboxylic acids is 1. The Morgan fingerprint density at radius 1 is 1.23 bits per heavy atom. The molecule has 0 spiro atoms. The van der Waals surface area contributed by atoms with Crippen LogP contribution >= 0.6 is 0 Å². The van der Waals surface area contributed by atoms with Gasteiger partial charge in [0.2, 0.25) is 0 Å². The van der Waals surface area contributed by atoms with E-state index in [9.17, 15) is 4.79 Å². The van der Waals surface area contributed by atoms with Gasteiger partial charge in [0.05, 0.1) is 19.3 Å². The van der Waals surface area contributed by atoms with Crippen molar-refractivity contribution >= 4 is 11.7 Å². The number of hydrogen-bond acceptors (Lipinski definition) is 4. The summed E-state index contributed by atoms with van der Waals surface area (Å²) in [6.45, 7) is 4.85. The van der Waals surface area contributed by atoms with Crippen LogP contribution < -0.4 is 5.32 Å². The Hall–Kier alpha value is -2.07. The molecule has 0 radical (unpaired) electrons. The molecule has 0 atom stereocenters. The molecule has 0 amide bonds. The Bertz CT molecular complexity index is 547. The topological polar surface area (TPSA) is 58.6 Å². The van der Waals surface area contributed by atoms with Crippen LogP contribution in [-0.2, 0) is 4.74 Å². The van der Waals surface area contributed by atoms with Crippen molar-refractivity contribution in [3.8, 4) is 0 Å². The summed E-state index contributed by atoms with van der Waals surface area (Å²) in [5.41, 5.74) is 3.71. The normalized spacial score (nSPS) is 12.2. The van der Waals surface area contributed by atoms with Gasteiger partial charge in [0.15, 0.2) is 0 Å². The predicted molar refractivity (Wildman–Crippen MR) is 90.1 cm³/mol. The Kier molecular flexibility index (Phi) is 8.00. The Labute approximate surface area is 132 Å². The molecule has 4 nitrogen and oxygen atoms in total. The smallest absolute Gasteiger partial charge is 0.339 e. The molecule has 0 saturated carbocycles. The van der Waals surface area contributed by atoms with Crippen molar-refractivity contribution < 1.29 is 14.6 Å². The average molecular weight is 303 g/mol. The maximum absolute atomic E-state index is 11.7. The summed E-state index contributed by atoms with van der Waals surface area (Å²) >= 11 is 0. The van der Waals surface area contributed by atoms with E-state index >= 15 is 0 Å². The molecule has 0 aliphatic rings. The zero-order valence-corrected chi connectivity index (χ0v) is 13.6. The second-order valence-electron chi connectivity index (χ2n) is 5.21. The molecule has 0 bridgehead atoms. The lowest BCUT2D eigenvalue weighted by Crippen LogP contribution is -2.09.